The summed E-state index contributed by atoms with van der Waals surface area (Å²) >= 11 is 0. The third-order valence-corrected chi connectivity index (χ3v) is 6.35. The number of hydrogen-bond donors (Lipinski definition) is 0. The Hall–Kier alpha value is -3.33. The quantitative estimate of drug-likeness (QED) is 0.572. The van der Waals surface area contributed by atoms with Gasteiger partial charge in [-0.2, -0.15) is 13.2 Å². The zero-order valence-corrected chi connectivity index (χ0v) is 18.8. The van der Waals surface area contributed by atoms with Gasteiger partial charge in [-0.1, -0.05) is 18.2 Å². The summed E-state index contributed by atoms with van der Waals surface area (Å²) in [4.78, 5) is 20.5. The number of fused-ring (bicyclic) bond motifs is 2. The smallest absolute Gasteiger partial charge is 0.416 e. The van der Waals surface area contributed by atoms with Gasteiger partial charge in [0.1, 0.15) is 18.2 Å². The van der Waals surface area contributed by atoms with Gasteiger partial charge in [0.2, 0.25) is 5.91 Å². The largest absolute Gasteiger partial charge is 0.492 e. The van der Waals surface area contributed by atoms with Gasteiger partial charge in [0.25, 0.3) is 0 Å². The molecule has 2 aliphatic rings. The van der Waals surface area contributed by atoms with Crippen LogP contribution in [0.3, 0.4) is 0 Å². The lowest BCUT2D eigenvalue weighted by atomic mass is 10.0. The molecule has 2 aromatic carbocycles. The molecule has 1 aromatic heterocycles. The summed E-state index contributed by atoms with van der Waals surface area (Å²) in [5.41, 5.74) is 2.85. The van der Waals surface area contributed by atoms with Gasteiger partial charge >= 0.3 is 6.18 Å². The maximum Gasteiger partial charge on any atom is 0.416 e. The van der Waals surface area contributed by atoms with Crippen LogP contribution in [0.25, 0.3) is 11.1 Å². The molecule has 2 aliphatic heterocycles. The van der Waals surface area contributed by atoms with Crippen molar-refractivity contribution in [2.45, 2.75) is 39.3 Å². The lowest BCUT2D eigenvalue weighted by Crippen LogP contribution is -2.36. The van der Waals surface area contributed by atoms with Crippen LogP contribution in [-0.2, 0) is 37.1 Å². The van der Waals surface area contributed by atoms with Gasteiger partial charge in [-0.05, 0) is 35.4 Å². The number of ether oxygens (including phenoxy) is 1. The Morgan fingerprint density at radius 3 is 2.53 bits per heavy atom. The van der Waals surface area contributed by atoms with Gasteiger partial charge < -0.3 is 14.2 Å². The van der Waals surface area contributed by atoms with Crippen molar-refractivity contribution in [1.29, 1.82) is 0 Å². The van der Waals surface area contributed by atoms with E-state index in [1.165, 1.54) is 12.1 Å². The summed E-state index contributed by atoms with van der Waals surface area (Å²) in [6, 6.07) is 11.0. The second-order valence-electron chi connectivity index (χ2n) is 8.74. The number of nitrogens with zero attached hydrogens (tertiary/aromatic N) is 4. The second kappa shape index (κ2) is 8.79. The summed E-state index contributed by atoms with van der Waals surface area (Å²) < 4.78 is 46.7. The third kappa shape index (κ3) is 4.65. The summed E-state index contributed by atoms with van der Waals surface area (Å²) in [6.07, 6.45) is -2.30. The number of imidazole rings is 1. The zero-order valence-electron chi connectivity index (χ0n) is 18.8. The third-order valence-electron chi connectivity index (χ3n) is 6.35. The molecule has 178 valence electrons. The van der Waals surface area contributed by atoms with E-state index in [1.807, 2.05) is 18.2 Å². The maximum absolute atomic E-state index is 12.9. The van der Waals surface area contributed by atoms with E-state index in [9.17, 15) is 18.0 Å². The van der Waals surface area contributed by atoms with Crippen molar-refractivity contribution < 1.29 is 22.7 Å². The monoisotopic (exact) mass is 470 g/mol. The van der Waals surface area contributed by atoms with Gasteiger partial charge in [-0.3, -0.25) is 9.69 Å². The van der Waals surface area contributed by atoms with Crippen LogP contribution in [-0.4, -0.2) is 45.0 Å². The topological polar surface area (TPSA) is 50.6 Å². The van der Waals surface area contributed by atoms with Crippen molar-refractivity contribution in [3.63, 3.8) is 0 Å². The zero-order chi connectivity index (χ0) is 23.9. The molecule has 0 N–H and O–H groups in total. The molecule has 6 nitrogen and oxygen atoms in total. The number of halogens is 3. The van der Waals surface area contributed by atoms with Crippen LogP contribution in [0.4, 0.5) is 13.2 Å². The number of hydrogen-bond acceptors (Lipinski definition) is 4. The summed E-state index contributed by atoms with van der Waals surface area (Å²) in [5.74, 6) is 1.74. The molecule has 0 saturated heterocycles. The van der Waals surface area contributed by atoms with Gasteiger partial charge in [0.15, 0.2) is 0 Å². The predicted octanol–water partition coefficient (Wildman–Crippen LogP) is 4.33. The van der Waals surface area contributed by atoms with Crippen molar-refractivity contribution in [2.75, 3.05) is 19.7 Å². The van der Waals surface area contributed by atoms with Crippen molar-refractivity contribution >= 4 is 5.91 Å². The Morgan fingerprint density at radius 1 is 1.03 bits per heavy atom. The number of rotatable bonds is 3. The molecule has 5 rings (SSSR count). The van der Waals surface area contributed by atoms with E-state index in [2.05, 4.69) is 15.7 Å². The fourth-order valence-electron chi connectivity index (χ4n) is 4.50. The Morgan fingerprint density at radius 2 is 1.79 bits per heavy atom. The van der Waals surface area contributed by atoms with Crippen LogP contribution in [0.2, 0.25) is 0 Å². The molecule has 0 unspecified atom stereocenters. The van der Waals surface area contributed by atoms with Gasteiger partial charge in [0.05, 0.1) is 17.8 Å². The second-order valence-corrected chi connectivity index (χ2v) is 8.74. The van der Waals surface area contributed by atoms with Crippen molar-refractivity contribution in [3.8, 4) is 16.9 Å². The van der Waals surface area contributed by atoms with Gasteiger partial charge in [0, 0.05) is 51.4 Å². The fourth-order valence-corrected chi connectivity index (χ4v) is 4.50. The fraction of sp³-hybridized carbons (Fsp3) is 0.360. The molecule has 3 aromatic rings. The number of amides is 1. The molecule has 3 heterocycles. The Bertz CT molecular complexity index is 1200. The van der Waals surface area contributed by atoms with E-state index in [-0.39, 0.29) is 5.91 Å². The maximum atomic E-state index is 12.9. The van der Waals surface area contributed by atoms with Crippen molar-refractivity contribution in [1.82, 2.24) is 19.4 Å². The average Bonchev–Trinajstić information content (AvgIpc) is 3.09. The van der Waals surface area contributed by atoms with Crippen molar-refractivity contribution in [3.05, 3.63) is 71.3 Å². The van der Waals surface area contributed by atoms with E-state index in [0.717, 1.165) is 59.2 Å². The average molecular weight is 470 g/mol. The van der Waals surface area contributed by atoms with E-state index in [0.29, 0.717) is 32.8 Å². The highest BCUT2D eigenvalue weighted by Crippen LogP contribution is 2.33. The van der Waals surface area contributed by atoms with Crippen LogP contribution in [0, 0.1) is 0 Å². The summed E-state index contributed by atoms with van der Waals surface area (Å²) in [5, 5.41) is 0. The summed E-state index contributed by atoms with van der Waals surface area (Å²) in [6.45, 7) is 6.09. The first-order valence-electron chi connectivity index (χ1n) is 11.2. The number of benzene rings is 2. The van der Waals surface area contributed by atoms with Crippen LogP contribution in [0.1, 0.15) is 29.6 Å². The lowest BCUT2D eigenvalue weighted by molar-refractivity contribution is -0.137. The molecular weight excluding hydrogens is 445 g/mol. The first-order chi connectivity index (χ1) is 16.3. The highest BCUT2D eigenvalue weighted by atomic mass is 19.4. The minimum absolute atomic E-state index is 0.0564. The Kier molecular flexibility index (Phi) is 5.81. The van der Waals surface area contributed by atoms with E-state index < -0.39 is 11.7 Å². The van der Waals surface area contributed by atoms with Crippen LogP contribution < -0.4 is 4.74 Å². The molecule has 0 bridgehead atoms. The number of alkyl halides is 3. The van der Waals surface area contributed by atoms with Crippen molar-refractivity contribution in [2.24, 2.45) is 0 Å². The molecular formula is C25H25F3N4O2. The molecule has 0 spiro atoms. The first-order valence-corrected chi connectivity index (χ1v) is 11.2. The molecule has 0 saturated carbocycles. The number of carbonyl (C=O) groups is 1. The molecule has 0 radical (unpaired) electrons. The first kappa shape index (κ1) is 22.5. The predicted molar refractivity (Wildman–Crippen MR) is 120 cm³/mol. The van der Waals surface area contributed by atoms with Gasteiger partial charge in [-0.15, -0.1) is 0 Å². The van der Waals surface area contributed by atoms with E-state index >= 15 is 0 Å². The molecule has 0 fully saturated rings. The molecule has 9 heteroatoms. The lowest BCUT2D eigenvalue weighted by Gasteiger charge is -2.26. The normalized spacial score (nSPS) is 16.4. The molecule has 1 amide bonds. The standard InChI is InChI=1S/C25H25F3N4O2/c1-17(33)31-8-9-32-15-22(29-24(32)16-31)14-30-10-11-34-23-7-4-19(12-20(23)13-30)18-2-5-21(6-3-18)25(26,27)28/h2-7,12,15H,8-11,13-14,16H2,1H3. The van der Waals surface area contributed by atoms with E-state index in [1.54, 1.807) is 11.8 Å². The van der Waals surface area contributed by atoms with Crippen LogP contribution in [0.15, 0.2) is 48.7 Å². The van der Waals surface area contributed by atoms with Crippen LogP contribution in [0.5, 0.6) is 5.75 Å². The Balaban J connectivity index is 1.32. The summed E-state index contributed by atoms with van der Waals surface area (Å²) in [7, 11) is 0. The minimum Gasteiger partial charge on any atom is -0.492 e. The Labute approximate surface area is 195 Å². The van der Waals surface area contributed by atoms with E-state index in [4.69, 9.17) is 9.72 Å². The molecule has 0 atom stereocenters. The van der Waals surface area contributed by atoms with Gasteiger partial charge in [-0.25, -0.2) is 4.98 Å². The molecule has 34 heavy (non-hydrogen) atoms. The molecule has 0 aliphatic carbocycles. The number of carbonyl (C=O) groups excluding carboxylic acids is 1. The number of aromatic nitrogens is 2. The highest BCUT2D eigenvalue weighted by Gasteiger charge is 2.30. The highest BCUT2D eigenvalue weighted by molar-refractivity contribution is 5.73. The SMILES string of the molecule is CC(=O)N1CCn2cc(CN3CCOc4ccc(-c5ccc(C(F)(F)F)cc5)cc4C3)nc2C1. The van der Waals surface area contributed by atoms with Crippen LogP contribution >= 0.6 is 0 Å². The minimum atomic E-state index is -4.35.